The van der Waals surface area contributed by atoms with E-state index >= 15 is 0 Å². The number of urea groups is 1. The molecule has 0 aromatic heterocycles. The van der Waals surface area contributed by atoms with E-state index in [0.29, 0.717) is 22.0 Å². The second-order valence-corrected chi connectivity index (χ2v) is 9.28. The Morgan fingerprint density at radius 2 is 1.65 bits per heavy atom. The van der Waals surface area contributed by atoms with Crippen LogP contribution < -0.4 is 15.0 Å². The number of fused-ring (bicyclic) bond motifs is 1. The molecule has 1 N–H and O–H groups in total. The first-order valence-electron chi connectivity index (χ1n) is 11.7. The first-order valence-corrected chi connectivity index (χ1v) is 12.1. The number of ether oxygens (including phenoxy) is 1. The van der Waals surface area contributed by atoms with Crippen LogP contribution in [0, 0.1) is 13.8 Å². The molecule has 1 aliphatic heterocycles. The summed E-state index contributed by atoms with van der Waals surface area (Å²) in [5.41, 5.74) is 3.66. The largest absolute Gasteiger partial charge is 0.488 e. The van der Waals surface area contributed by atoms with Gasteiger partial charge < -0.3 is 4.74 Å². The van der Waals surface area contributed by atoms with E-state index in [1.807, 2.05) is 68.4 Å². The van der Waals surface area contributed by atoms with E-state index in [-0.39, 0.29) is 12.2 Å². The molecule has 1 heterocycles. The molecule has 5 rings (SSSR count). The van der Waals surface area contributed by atoms with Gasteiger partial charge >= 0.3 is 6.03 Å². The van der Waals surface area contributed by atoms with E-state index in [9.17, 15) is 14.4 Å². The Hall–Kier alpha value is -4.42. The van der Waals surface area contributed by atoms with Gasteiger partial charge in [-0.2, -0.15) is 0 Å². The molecule has 184 valence electrons. The van der Waals surface area contributed by atoms with Crippen molar-refractivity contribution in [2.75, 3.05) is 4.90 Å². The van der Waals surface area contributed by atoms with E-state index in [0.717, 1.165) is 32.4 Å². The summed E-state index contributed by atoms with van der Waals surface area (Å²) in [5.74, 6) is -0.961. The Bertz CT molecular complexity index is 1590. The van der Waals surface area contributed by atoms with Crippen molar-refractivity contribution in [3.8, 4) is 5.75 Å². The number of imide groups is 2. The highest BCUT2D eigenvalue weighted by Gasteiger charge is 2.37. The number of carbonyl (C=O) groups is 3. The summed E-state index contributed by atoms with van der Waals surface area (Å²) in [6, 6.07) is 23.1. The maximum atomic E-state index is 13.5. The first-order chi connectivity index (χ1) is 17.8. The van der Waals surface area contributed by atoms with Crippen molar-refractivity contribution < 1.29 is 19.1 Å². The second-order valence-electron chi connectivity index (χ2n) is 8.84. The SMILES string of the molecule is Cc1ccc(N2C(=O)NC(=O)/C(=C\c3c(OCc4ccc(Cl)cc4)ccc4ccccc34)C2=O)cc1C. The van der Waals surface area contributed by atoms with Crippen molar-refractivity contribution in [2.24, 2.45) is 0 Å². The van der Waals surface area contributed by atoms with Gasteiger partial charge in [0.2, 0.25) is 0 Å². The third-order valence-electron chi connectivity index (χ3n) is 6.38. The predicted molar refractivity (Wildman–Crippen MR) is 145 cm³/mol. The highest BCUT2D eigenvalue weighted by atomic mass is 35.5. The van der Waals surface area contributed by atoms with Crippen LogP contribution in [0.15, 0.2) is 84.4 Å². The van der Waals surface area contributed by atoms with Gasteiger partial charge in [-0.15, -0.1) is 0 Å². The van der Waals surface area contributed by atoms with E-state index in [1.54, 1.807) is 24.3 Å². The zero-order chi connectivity index (χ0) is 26.1. The van der Waals surface area contributed by atoms with Crippen LogP contribution in [0.4, 0.5) is 10.5 Å². The van der Waals surface area contributed by atoms with Crippen LogP contribution >= 0.6 is 11.6 Å². The standard InChI is InChI=1S/C30H23ClN2O4/c1-18-7-13-23(15-19(18)2)33-29(35)26(28(34)32-30(33)36)16-25-24-6-4-3-5-21(24)10-14-27(25)37-17-20-8-11-22(31)12-9-20/h3-16H,17H2,1-2H3,(H,32,34,36)/b26-16+. The lowest BCUT2D eigenvalue weighted by molar-refractivity contribution is -0.122. The molecule has 0 unspecified atom stereocenters. The van der Waals surface area contributed by atoms with Gasteiger partial charge in [-0.05, 0) is 77.7 Å². The summed E-state index contributed by atoms with van der Waals surface area (Å²) in [6.07, 6.45) is 1.50. The molecule has 0 bridgehead atoms. The van der Waals surface area contributed by atoms with Crippen molar-refractivity contribution in [3.63, 3.8) is 0 Å². The molecule has 37 heavy (non-hydrogen) atoms. The number of hydrogen-bond acceptors (Lipinski definition) is 4. The molecule has 4 aromatic rings. The average molecular weight is 511 g/mol. The van der Waals surface area contributed by atoms with Gasteiger partial charge in [0.25, 0.3) is 11.8 Å². The maximum absolute atomic E-state index is 13.5. The van der Waals surface area contributed by atoms with Gasteiger partial charge in [-0.3, -0.25) is 14.9 Å². The third kappa shape index (κ3) is 4.84. The molecule has 1 fully saturated rings. The number of anilines is 1. The number of nitrogens with zero attached hydrogens (tertiary/aromatic N) is 1. The Kier molecular flexibility index (Phi) is 6.51. The van der Waals surface area contributed by atoms with Crippen molar-refractivity contribution >= 4 is 52.0 Å². The summed E-state index contributed by atoms with van der Waals surface area (Å²) in [4.78, 5) is 40.1. The minimum Gasteiger partial charge on any atom is -0.488 e. The lowest BCUT2D eigenvalue weighted by atomic mass is 9.99. The van der Waals surface area contributed by atoms with Gasteiger partial charge in [0, 0.05) is 10.6 Å². The second kappa shape index (κ2) is 9.91. The molecule has 0 saturated carbocycles. The Labute approximate surface area is 219 Å². The molecule has 6 nitrogen and oxygen atoms in total. The molecular weight excluding hydrogens is 488 g/mol. The fourth-order valence-electron chi connectivity index (χ4n) is 4.19. The Morgan fingerprint density at radius 3 is 2.41 bits per heavy atom. The number of hydrogen-bond donors (Lipinski definition) is 1. The number of carbonyl (C=O) groups excluding carboxylic acids is 3. The molecule has 7 heteroatoms. The third-order valence-corrected chi connectivity index (χ3v) is 6.63. The Balaban J connectivity index is 1.58. The highest BCUT2D eigenvalue weighted by molar-refractivity contribution is 6.39. The average Bonchev–Trinajstić information content (AvgIpc) is 2.88. The van der Waals surface area contributed by atoms with Crippen LogP contribution in [-0.2, 0) is 16.2 Å². The zero-order valence-corrected chi connectivity index (χ0v) is 21.0. The van der Waals surface area contributed by atoms with Crippen LogP contribution in [0.2, 0.25) is 5.02 Å². The van der Waals surface area contributed by atoms with E-state index in [4.69, 9.17) is 16.3 Å². The van der Waals surface area contributed by atoms with Crippen LogP contribution in [0.1, 0.15) is 22.3 Å². The molecule has 0 aliphatic carbocycles. The number of nitrogens with one attached hydrogen (secondary N) is 1. The first kappa shape index (κ1) is 24.3. The summed E-state index contributed by atoms with van der Waals surface area (Å²) >= 11 is 5.99. The summed E-state index contributed by atoms with van der Waals surface area (Å²) in [5, 5.41) is 4.65. The van der Waals surface area contributed by atoms with Crippen LogP contribution in [0.5, 0.6) is 5.75 Å². The molecule has 1 aliphatic rings. The number of barbiturate groups is 1. The van der Waals surface area contributed by atoms with Crippen LogP contribution in [0.25, 0.3) is 16.8 Å². The van der Waals surface area contributed by atoms with E-state index in [1.165, 1.54) is 6.08 Å². The van der Waals surface area contributed by atoms with Gasteiger partial charge in [-0.25, -0.2) is 9.69 Å². The van der Waals surface area contributed by atoms with Gasteiger partial charge in [0.15, 0.2) is 0 Å². The van der Waals surface area contributed by atoms with Crippen molar-refractivity contribution in [1.82, 2.24) is 5.32 Å². The number of aryl methyl sites for hydroxylation is 2. The van der Waals surface area contributed by atoms with Crippen molar-refractivity contribution in [1.29, 1.82) is 0 Å². The van der Waals surface area contributed by atoms with Crippen LogP contribution in [0.3, 0.4) is 0 Å². The molecule has 0 spiro atoms. The molecule has 4 amide bonds. The number of rotatable bonds is 5. The summed E-state index contributed by atoms with van der Waals surface area (Å²) < 4.78 is 6.13. The van der Waals surface area contributed by atoms with Gasteiger partial charge in [0.1, 0.15) is 17.9 Å². The van der Waals surface area contributed by atoms with E-state index in [2.05, 4.69) is 5.32 Å². The van der Waals surface area contributed by atoms with Crippen LogP contribution in [-0.4, -0.2) is 17.8 Å². The number of halogens is 1. The molecule has 0 atom stereocenters. The normalized spacial score (nSPS) is 14.8. The fraction of sp³-hybridized carbons (Fsp3) is 0.100. The number of benzene rings is 4. The van der Waals surface area contributed by atoms with Gasteiger partial charge in [-0.1, -0.05) is 60.1 Å². The summed E-state index contributed by atoms with van der Waals surface area (Å²) in [6.45, 7) is 4.10. The topological polar surface area (TPSA) is 75.7 Å². The molecule has 4 aromatic carbocycles. The molecular formula is C30H23ClN2O4. The lowest BCUT2D eigenvalue weighted by Gasteiger charge is -2.27. The fourth-order valence-corrected chi connectivity index (χ4v) is 4.32. The maximum Gasteiger partial charge on any atom is 0.335 e. The highest BCUT2D eigenvalue weighted by Crippen LogP contribution is 2.32. The van der Waals surface area contributed by atoms with Crippen molar-refractivity contribution in [2.45, 2.75) is 20.5 Å². The molecule has 0 radical (unpaired) electrons. The van der Waals surface area contributed by atoms with E-state index < -0.39 is 17.8 Å². The molecule has 1 saturated heterocycles. The lowest BCUT2D eigenvalue weighted by Crippen LogP contribution is -2.54. The smallest absolute Gasteiger partial charge is 0.335 e. The Morgan fingerprint density at radius 1 is 0.892 bits per heavy atom. The summed E-state index contributed by atoms with van der Waals surface area (Å²) in [7, 11) is 0. The number of amides is 4. The van der Waals surface area contributed by atoms with Gasteiger partial charge in [0.05, 0.1) is 5.69 Å². The monoisotopic (exact) mass is 510 g/mol. The zero-order valence-electron chi connectivity index (χ0n) is 20.2. The minimum absolute atomic E-state index is 0.162. The predicted octanol–water partition coefficient (Wildman–Crippen LogP) is 6.36. The minimum atomic E-state index is -0.785. The van der Waals surface area contributed by atoms with Crippen molar-refractivity contribution in [3.05, 3.63) is 112 Å². The quantitative estimate of drug-likeness (QED) is 0.250.